The molecule has 5 nitrogen and oxygen atoms in total. The first-order chi connectivity index (χ1) is 9.99. The smallest absolute Gasteiger partial charge is 0.228 e. The van der Waals surface area contributed by atoms with Crippen LogP contribution >= 0.6 is 0 Å². The summed E-state index contributed by atoms with van der Waals surface area (Å²) in [6, 6.07) is 2.32. The van der Waals surface area contributed by atoms with E-state index in [1.807, 2.05) is 25.7 Å². The minimum absolute atomic E-state index is 0.00280. The topological polar surface area (TPSA) is 56.6 Å². The molecule has 5 unspecified atom stereocenters. The SMILES string of the molecule is CCC(C#N)N1CCN(C(=O)C2C(C)OC(C)C2C)CC1. The molecule has 0 N–H and O–H groups in total. The zero-order valence-corrected chi connectivity index (χ0v) is 13.6. The molecule has 5 heteroatoms. The Labute approximate surface area is 127 Å². The molecular weight excluding hydrogens is 266 g/mol. The highest BCUT2D eigenvalue weighted by Gasteiger charge is 2.43. The van der Waals surface area contributed by atoms with E-state index in [4.69, 9.17) is 10.00 Å². The van der Waals surface area contributed by atoms with Crippen molar-refractivity contribution in [3.63, 3.8) is 0 Å². The van der Waals surface area contributed by atoms with E-state index in [9.17, 15) is 4.79 Å². The molecule has 0 aliphatic carbocycles. The number of piperazine rings is 1. The molecule has 0 aromatic rings. The first-order valence-corrected chi connectivity index (χ1v) is 8.07. The molecule has 2 saturated heterocycles. The summed E-state index contributed by atoms with van der Waals surface area (Å²) in [7, 11) is 0. The Morgan fingerprint density at radius 3 is 2.29 bits per heavy atom. The predicted molar refractivity (Wildman–Crippen MR) is 80.5 cm³/mol. The van der Waals surface area contributed by atoms with E-state index in [-0.39, 0.29) is 36.0 Å². The van der Waals surface area contributed by atoms with Crippen LogP contribution in [0.5, 0.6) is 0 Å². The van der Waals surface area contributed by atoms with E-state index in [1.54, 1.807) is 0 Å². The van der Waals surface area contributed by atoms with Gasteiger partial charge in [-0.05, 0) is 26.2 Å². The molecule has 0 spiro atoms. The minimum atomic E-state index is -0.0236. The molecule has 21 heavy (non-hydrogen) atoms. The van der Waals surface area contributed by atoms with Crippen molar-refractivity contribution < 1.29 is 9.53 Å². The molecule has 0 radical (unpaired) electrons. The van der Waals surface area contributed by atoms with E-state index in [0.717, 1.165) is 32.6 Å². The summed E-state index contributed by atoms with van der Waals surface area (Å²) in [5, 5.41) is 9.14. The number of nitrogens with zero attached hydrogens (tertiary/aromatic N) is 3. The largest absolute Gasteiger partial charge is 0.374 e. The maximum absolute atomic E-state index is 12.7. The van der Waals surface area contributed by atoms with E-state index in [2.05, 4.69) is 17.9 Å². The second kappa shape index (κ2) is 6.76. The third kappa shape index (κ3) is 3.22. The van der Waals surface area contributed by atoms with Gasteiger partial charge in [-0.3, -0.25) is 9.69 Å². The summed E-state index contributed by atoms with van der Waals surface area (Å²) in [5.41, 5.74) is 0. The summed E-state index contributed by atoms with van der Waals surface area (Å²) >= 11 is 0. The first-order valence-electron chi connectivity index (χ1n) is 8.07. The van der Waals surface area contributed by atoms with Crippen LogP contribution in [0.1, 0.15) is 34.1 Å². The monoisotopic (exact) mass is 293 g/mol. The van der Waals surface area contributed by atoms with Gasteiger partial charge in [0.05, 0.1) is 30.2 Å². The van der Waals surface area contributed by atoms with Gasteiger partial charge in [-0.25, -0.2) is 0 Å². The van der Waals surface area contributed by atoms with E-state index < -0.39 is 0 Å². The molecular formula is C16H27N3O2. The van der Waals surface area contributed by atoms with Crippen LogP contribution in [0.15, 0.2) is 0 Å². The fourth-order valence-corrected chi connectivity index (χ4v) is 3.59. The average Bonchev–Trinajstić information content (AvgIpc) is 2.73. The average molecular weight is 293 g/mol. The molecule has 0 aromatic carbocycles. The van der Waals surface area contributed by atoms with Gasteiger partial charge in [0.15, 0.2) is 0 Å². The van der Waals surface area contributed by atoms with Gasteiger partial charge in [0.25, 0.3) is 0 Å². The van der Waals surface area contributed by atoms with Crippen LogP contribution in [0.4, 0.5) is 0 Å². The maximum Gasteiger partial charge on any atom is 0.228 e. The molecule has 0 aromatic heterocycles. The number of carbonyl (C=O) groups excluding carboxylic acids is 1. The van der Waals surface area contributed by atoms with Crippen molar-refractivity contribution in [2.45, 2.75) is 52.4 Å². The fraction of sp³-hybridized carbons (Fsp3) is 0.875. The molecule has 2 fully saturated rings. The van der Waals surface area contributed by atoms with Crippen molar-refractivity contribution in [3.05, 3.63) is 0 Å². The number of hydrogen-bond donors (Lipinski definition) is 0. The molecule has 0 saturated carbocycles. The normalized spacial score (nSPS) is 35.5. The van der Waals surface area contributed by atoms with Gasteiger partial charge in [-0.1, -0.05) is 13.8 Å². The molecule has 2 heterocycles. The fourth-order valence-electron chi connectivity index (χ4n) is 3.59. The Balaban J connectivity index is 1.93. The van der Waals surface area contributed by atoms with Crippen molar-refractivity contribution in [1.29, 1.82) is 5.26 Å². The number of hydrogen-bond acceptors (Lipinski definition) is 4. The Morgan fingerprint density at radius 2 is 1.86 bits per heavy atom. The van der Waals surface area contributed by atoms with Crippen molar-refractivity contribution >= 4 is 5.91 Å². The number of amides is 1. The van der Waals surface area contributed by atoms with Crippen molar-refractivity contribution in [3.8, 4) is 6.07 Å². The summed E-state index contributed by atoms with van der Waals surface area (Å²) in [6.45, 7) is 11.2. The molecule has 0 bridgehead atoms. The second-order valence-electron chi connectivity index (χ2n) is 6.35. The van der Waals surface area contributed by atoms with Crippen LogP contribution in [-0.2, 0) is 9.53 Å². The van der Waals surface area contributed by atoms with Gasteiger partial charge in [0.1, 0.15) is 0 Å². The van der Waals surface area contributed by atoms with Gasteiger partial charge in [0, 0.05) is 26.2 Å². The lowest BCUT2D eigenvalue weighted by Gasteiger charge is -2.38. The second-order valence-corrected chi connectivity index (χ2v) is 6.35. The molecule has 2 aliphatic rings. The summed E-state index contributed by atoms with van der Waals surface area (Å²) in [6.07, 6.45) is 0.994. The van der Waals surface area contributed by atoms with Crippen LogP contribution < -0.4 is 0 Å². The van der Waals surface area contributed by atoms with E-state index in [0.29, 0.717) is 0 Å². The quantitative estimate of drug-likeness (QED) is 0.791. The molecule has 118 valence electrons. The number of ether oxygens (including phenoxy) is 1. The van der Waals surface area contributed by atoms with Crippen LogP contribution in [0.25, 0.3) is 0 Å². The predicted octanol–water partition coefficient (Wildman–Crippen LogP) is 1.49. The Hall–Kier alpha value is -1.12. The Bertz CT molecular complexity index is 412. The number of nitriles is 1. The molecule has 2 rings (SSSR count). The Kier molecular flexibility index (Phi) is 5.23. The lowest BCUT2D eigenvalue weighted by Crippen LogP contribution is -2.53. The number of carbonyl (C=O) groups is 1. The first kappa shape index (κ1) is 16.3. The van der Waals surface area contributed by atoms with Crippen LogP contribution in [0.2, 0.25) is 0 Å². The third-order valence-corrected chi connectivity index (χ3v) is 5.13. The van der Waals surface area contributed by atoms with Crippen LogP contribution in [0, 0.1) is 23.2 Å². The minimum Gasteiger partial charge on any atom is -0.374 e. The highest BCUT2D eigenvalue weighted by molar-refractivity contribution is 5.80. The zero-order chi connectivity index (χ0) is 15.6. The maximum atomic E-state index is 12.7. The molecule has 1 amide bonds. The summed E-state index contributed by atoms with van der Waals surface area (Å²) in [5.74, 6) is 0.474. The van der Waals surface area contributed by atoms with Gasteiger partial charge < -0.3 is 9.64 Å². The van der Waals surface area contributed by atoms with Crippen LogP contribution in [-0.4, -0.2) is 60.1 Å². The van der Waals surface area contributed by atoms with Crippen molar-refractivity contribution in [2.24, 2.45) is 11.8 Å². The third-order valence-electron chi connectivity index (χ3n) is 5.13. The lowest BCUT2D eigenvalue weighted by molar-refractivity contribution is -0.139. The zero-order valence-electron chi connectivity index (χ0n) is 13.6. The number of rotatable bonds is 3. The summed E-state index contributed by atoms with van der Waals surface area (Å²) in [4.78, 5) is 16.9. The molecule has 5 atom stereocenters. The van der Waals surface area contributed by atoms with Gasteiger partial charge >= 0.3 is 0 Å². The van der Waals surface area contributed by atoms with Gasteiger partial charge in [0.2, 0.25) is 5.91 Å². The van der Waals surface area contributed by atoms with Gasteiger partial charge in [-0.15, -0.1) is 0 Å². The van der Waals surface area contributed by atoms with Gasteiger partial charge in [-0.2, -0.15) is 5.26 Å². The van der Waals surface area contributed by atoms with Crippen LogP contribution in [0.3, 0.4) is 0 Å². The van der Waals surface area contributed by atoms with E-state index in [1.165, 1.54) is 0 Å². The summed E-state index contributed by atoms with van der Waals surface area (Å²) < 4.78 is 5.79. The highest BCUT2D eigenvalue weighted by atomic mass is 16.5. The van der Waals surface area contributed by atoms with Crippen molar-refractivity contribution in [1.82, 2.24) is 9.80 Å². The standard InChI is InChI=1S/C16H27N3O2/c1-5-14(10-17)18-6-8-19(9-7-18)16(20)15-11(2)12(3)21-13(15)4/h11-15H,5-9H2,1-4H3. The Morgan fingerprint density at radius 1 is 1.24 bits per heavy atom. The molecule has 2 aliphatic heterocycles. The van der Waals surface area contributed by atoms with E-state index >= 15 is 0 Å². The van der Waals surface area contributed by atoms with Crippen molar-refractivity contribution in [2.75, 3.05) is 26.2 Å². The highest BCUT2D eigenvalue weighted by Crippen LogP contribution is 2.33. The lowest BCUT2D eigenvalue weighted by atomic mass is 9.88.